The zero-order valence-electron chi connectivity index (χ0n) is 47.1. The largest absolute Gasteiger partial charge is 0.456 e. The van der Waals surface area contributed by atoms with E-state index in [-0.39, 0.29) is 65.4 Å². The third-order valence-electron chi connectivity index (χ3n) is 13.9. The Morgan fingerprint density at radius 1 is 0.712 bits per heavy atom. The van der Waals surface area contributed by atoms with Gasteiger partial charge in [0.25, 0.3) is 0 Å². The van der Waals surface area contributed by atoms with Gasteiger partial charge in [0.15, 0.2) is 41.5 Å². The van der Waals surface area contributed by atoms with E-state index in [1.165, 1.54) is 14.0 Å². The number of nitrogens with zero attached hydrogens (tertiary/aromatic N) is 2. The second-order valence-corrected chi connectivity index (χ2v) is 23.3. The van der Waals surface area contributed by atoms with Crippen LogP contribution in [0.15, 0.2) is 35.8 Å². The average Bonchev–Trinajstić information content (AvgIpc) is 3.31. The summed E-state index contributed by atoms with van der Waals surface area (Å²) in [6.45, 7) is 29.8. The number of cyclic esters (lactones) is 2. The van der Waals surface area contributed by atoms with Crippen molar-refractivity contribution < 1.29 is 80.1 Å². The van der Waals surface area contributed by atoms with Gasteiger partial charge in [-0.05, 0) is 95.9 Å². The molecule has 0 saturated carbocycles. The third-order valence-corrected chi connectivity index (χ3v) is 15.5. The molecule has 16 atom stereocenters. The predicted molar refractivity (Wildman–Crippen MR) is 274 cm³/mol. The number of methoxy groups -OCH3 is 2. The van der Waals surface area contributed by atoms with Crippen molar-refractivity contribution in [3.8, 4) is 0 Å². The highest BCUT2D eigenvalue weighted by Gasteiger charge is 2.53. The fraction of sp³-hybridized carbons (Fsp3) is 0.808. The smallest absolute Gasteiger partial charge is 0.340 e. The Morgan fingerprint density at radius 3 is 1.37 bits per heavy atom. The summed E-state index contributed by atoms with van der Waals surface area (Å²) in [5.41, 5.74) is -4.94. The summed E-state index contributed by atoms with van der Waals surface area (Å²) in [6, 6.07) is -0.132. The number of carbonyl (C=O) groups is 4. The molecule has 21 heteroatoms. The summed E-state index contributed by atoms with van der Waals surface area (Å²) < 4.78 is 99.8. The molecule has 0 spiro atoms. The standard InChI is InChI=1S/C25H41FNO8P.C25H42NO8P.C2H4/c1-14-11-17(27(8)9)19(36-30)22(32-14)33-20(25(7,31-10)12-24(6,26)13-28)15(2)18-16(3)21(29)35-23(4,5)34-18;1-14(13-27)12-25(7,30-10)21(16(3)19-17(4)22(28)34-24(5,6)33-19)32-23-20(35-29)18(26(8)9)11-15(2)31-23;1-2/h13-15,17,19-20,22H,11-12H2,1-10H3;13-16,18,20-21,23H,11-12H2,1-10H3;1-2H2/t14?,15-,17?,19+,20+,22-,24?,25+;14-,15?,16+,18?,20-,21-,23+,25-;/m01./s1. The van der Waals surface area contributed by atoms with Crippen LogP contribution in [0.2, 0.25) is 0 Å². The first kappa shape index (κ1) is 66.0. The lowest BCUT2D eigenvalue weighted by atomic mass is 9.80. The van der Waals surface area contributed by atoms with Crippen LogP contribution >= 0.6 is 16.9 Å². The van der Waals surface area contributed by atoms with Crippen LogP contribution in [0.1, 0.15) is 123 Å². The highest BCUT2D eigenvalue weighted by molar-refractivity contribution is 7.25. The molecule has 4 aliphatic heterocycles. The van der Waals surface area contributed by atoms with E-state index in [1.54, 1.807) is 62.5 Å². The molecular formula is C52H87FN2O16P2. The minimum absolute atomic E-state index is 0.0256. The summed E-state index contributed by atoms with van der Waals surface area (Å²) in [4.78, 5) is 52.2. The maximum Gasteiger partial charge on any atom is 0.340 e. The van der Waals surface area contributed by atoms with E-state index in [0.29, 0.717) is 36.4 Å². The van der Waals surface area contributed by atoms with Gasteiger partial charge in [-0.15, -0.1) is 13.2 Å². The molecule has 0 amide bonds. The molecule has 0 aromatic rings. The van der Waals surface area contributed by atoms with E-state index in [9.17, 15) is 28.3 Å². The molecule has 4 aliphatic rings. The molecule has 2 saturated heterocycles. The predicted octanol–water partition coefficient (Wildman–Crippen LogP) is 8.79. The number of hydrogen-bond acceptors (Lipinski definition) is 18. The molecule has 0 N–H and O–H groups in total. The molecular weight excluding hydrogens is 990 g/mol. The lowest BCUT2D eigenvalue weighted by molar-refractivity contribution is -0.267. The molecule has 418 valence electrons. The van der Waals surface area contributed by atoms with Gasteiger partial charge < -0.3 is 62.0 Å². The Hall–Kier alpha value is -3.09. The van der Waals surface area contributed by atoms with Crippen LogP contribution in [0.4, 0.5) is 4.39 Å². The van der Waals surface area contributed by atoms with Crippen LogP contribution in [0, 0.1) is 17.8 Å². The van der Waals surface area contributed by atoms with Gasteiger partial charge in [0.1, 0.15) is 29.1 Å². The van der Waals surface area contributed by atoms with Gasteiger partial charge in [-0.1, -0.05) is 20.8 Å². The number of hydrogen-bond donors (Lipinski definition) is 0. The van der Waals surface area contributed by atoms with Crippen molar-refractivity contribution in [3.63, 3.8) is 0 Å². The van der Waals surface area contributed by atoms with Gasteiger partial charge in [-0.3, -0.25) is 13.9 Å². The number of ether oxygens (including phenoxy) is 10. The van der Waals surface area contributed by atoms with E-state index in [2.05, 4.69) is 13.2 Å². The van der Waals surface area contributed by atoms with Crippen molar-refractivity contribution in [1.82, 2.24) is 9.80 Å². The molecule has 18 nitrogen and oxygen atoms in total. The van der Waals surface area contributed by atoms with Gasteiger partial charge in [0, 0.05) is 78.2 Å². The Kier molecular flexibility index (Phi) is 24.7. The summed E-state index contributed by atoms with van der Waals surface area (Å²) >= 11 is 0. The normalized spacial score (nSPS) is 30.7. The van der Waals surface area contributed by atoms with Crippen molar-refractivity contribution in [1.29, 1.82) is 0 Å². The number of aldehydes is 2. The molecule has 0 aromatic carbocycles. The van der Waals surface area contributed by atoms with Crippen molar-refractivity contribution in [3.05, 3.63) is 35.8 Å². The SMILES string of the molecule is C=C.CO[C@](C)(CC(C)(F)C=O)[C@H](O[C@@H]1OC(C)CC(N(C)C)[C@H]1P=O)[C@@H](C)C1=C(C)C(=O)OC(C)(C)O1.CO[C@](C)(C[C@@H](C)C=O)[C@H](O[C@@H]1OC(C)CC(N(C)C)[C@H]1P=O)[C@@H](C)C1=C(C)C(=O)OC(C)(C)O1. The van der Waals surface area contributed by atoms with E-state index < -0.39 is 88.3 Å². The van der Waals surface area contributed by atoms with E-state index >= 15 is 4.39 Å². The van der Waals surface area contributed by atoms with E-state index in [1.807, 2.05) is 72.6 Å². The second-order valence-electron chi connectivity index (χ2n) is 21.7. The summed E-state index contributed by atoms with van der Waals surface area (Å²) in [6.07, 6.45) is -1.24. The molecule has 4 heterocycles. The highest BCUT2D eigenvalue weighted by Crippen LogP contribution is 2.44. The number of halogens is 1. The fourth-order valence-electron chi connectivity index (χ4n) is 10.1. The third kappa shape index (κ3) is 17.0. The minimum atomic E-state index is -2.22. The monoisotopic (exact) mass is 1080 g/mol. The molecule has 73 heavy (non-hydrogen) atoms. The maximum atomic E-state index is 15.1. The first-order valence-corrected chi connectivity index (χ1v) is 26.5. The van der Waals surface area contributed by atoms with Crippen LogP contribution in [-0.2, 0) is 75.7 Å². The Morgan fingerprint density at radius 2 is 1.07 bits per heavy atom. The minimum Gasteiger partial charge on any atom is -0.456 e. The Labute approximate surface area is 437 Å². The summed E-state index contributed by atoms with van der Waals surface area (Å²) in [5, 5.41) is 0. The van der Waals surface area contributed by atoms with Gasteiger partial charge in [0.05, 0.1) is 46.8 Å². The first-order valence-electron chi connectivity index (χ1n) is 24.8. The van der Waals surface area contributed by atoms with Crippen LogP contribution in [0.5, 0.6) is 0 Å². The average molecular weight is 1080 g/mol. The number of carbonyl (C=O) groups excluding carboxylic acids is 4. The van der Waals surface area contributed by atoms with E-state index in [4.69, 9.17) is 47.4 Å². The van der Waals surface area contributed by atoms with Crippen LogP contribution < -0.4 is 0 Å². The van der Waals surface area contributed by atoms with Gasteiger partial charge in [-0.2, -0.15) is 0 Å². The van der Waals surface area contributed by atoms with Gasteiger partial charge in [-0.25, -0.2) is 14.0 Å². The molecule has 0 bridgehead atoms. The lowest BCUT2D eigenvalue weighted by Crippen LogP contribution is -2.58. The van der Waals surface area contributed by atoms with Crippen LogP contribution in [0.25, 0.3) is 0 Å². The zero-order chi connectivity index (χ0) is 56.4. The molecule has 5 unspecified atom stereocenters. The van der Waals surface area contributed by atoms with E-state index in [0.717, 1.165) is 6.29 Å². The Bertz CT molecular complexity index is 1970. The van der Waals surface area contributed by atoms with Crippen molar-refractivity contribution in [2.24, 2.45) is 17.8 Å². The van der Waals surface area contributed by atoms with Crippen LogP contribution in [-0.4, -0.2) is 166 Å². The molecule has 4 rings (SSSR count). The molecule has 0 aromatic heterocycles. The summed E-state index contributed by atoms with van der Waals surface area (Å²) in [5.74, 6) is -4.09. The van der Waals surface area contributed by atoms with Crippen molar-refractivity contribution in [2.45, 2.75) is 211 Å². The zero-order valence-corrected chi connectivity index (χ0v) is 48.9. The van der Waals surface area contributed by atoms with Crippen molar-refractivity contribution >= 4 is 41.4 Å². The highest BCUT2D eigenvalue weighted by atomic mass is 31.1. The molecule has 0 aliphatic carbocycles. The Balaban J connectivity index is 0.000000484. The van der Waals surface area contributed by atoms with Gasteiger partial charge in [0.2, 0.25) is 11.6 Å². The molecule has 2 fully saturated rings. The second kappa shape index (κ2) is 27.3. The topological polar surface area (TPSA) is 201 Å². The first-order chi connectivity index (χ1) is 33.7. The fourth-order valence-corrected chi connectivity index (χ4v) is 11.6. The summed E-state index contributed by atoms with van der Waals surface area (Å²) in [7, 11) is 10.4. The lowest BCUT2D eigenvalue weighted by Gasteiger charge is -2.47. The number of esters is 2. The quantitative estimate of drug-likeness (QED) is 0.0430. The van der Waals surface area contributed by atoms with Crippen LogP contribution in [0.3, 0.4) is 0 Å². The molecule has 0 radical (unpaired) electrons. The van der Waals surface area contributed by atoms with Gasteiger partial charge >= 0.3 is 11.9 Å². The van der Waals surface area contributed by atoms with Crippen molar-refractivity contribution in [2.75, 3.05) is 42.4 Å². The maximum absolute atomic E-state index is 15.1. The number of rotatable bonds is 22. The number of alkyl halides is 1.